The number of aromatic nitrogens is 1. The number of alkyl halides is 1. The zero-order valence-corrected chi connectivity index (χ0v) is 14.6. The van der Waals surface area contributed by atoms with Crippen molar-refractivity contribution < 1.29 is 0 Å². The Morgan fingerprint density at radius 1 is 0.913 bits per heavy atom. The Morgan fingerprint density at radius 3 is 2.00 bits per heavy atom. The van der Waals surface area contributed by atoms with Gasteiger partial charge in [-0.1, -0.05) is 88.2 Å². The molecule has 0 amide bonds. The van der Waals surface area contributed by atoms with Gasteiger partial charge in [0, 0.05) is 33.2 Å². The van der Waals surface area contributed by atoms with E-state index in [1.165, 1.54) is 0 Å². The van der Waals surface area contributed by atoms with Gasteiger partial charge in [0.25, 0.3) is 0 Å². The first kappa shape index (κ1) is 15.9. The topological polar surface area (TPSA) is 25.2 Å². The van der Waals surface area contributed by atoms with E-state index < -0.39 is 0 Å². The van der Waals surface area contributed by atoms with Gasteiger partial charge in [0.15, 0.2) is 5.82 Å². The Kier molecular flexibility index (Phi) is 5.21. The molecular weight excluding hydrogens is 372 g/mol. The van der Waals surface area contributed by atoms with Crippen molar-refractivity contribution in [3.63, 3.8) is 0 Å². The summed E-state index contributed by atoms with van der Waals surface area (Å²) < 4.78 is 0. The maximum Gasteiger partial charge on any atom is 0.158 e. The molecule has 3 rings (SSSR count). The van der Waals surface area contributed by atoms with Crippen LogP contribution in [0.3, 0.4) is 0 Å². The lowest BCUT2D eigenvalue weighted by atomic mass is 10.0. The molecule has 0 aliphatic rings. The van der Waals surface area contributed by atoms with Crippen LogP contribution in [0.25, 0.3) is 0 Å². The largest absolute Gasteiger partial charge is 0.237 e. The summed E-state index contributed by atoms with van der Waals surface area (Å²) >= 11 is 9.73. The highest BCUT2D eigenvalue weighted by Crippen LogP contribution is 2.28. The minimum absolute atomic E-state index is 0.607. The van der Waals surface area contributed by atoms with Crippen molar-refractivity contribution in [2.24, 2.45) is 4.99 Å². The third kappa shape index (κ3) is 3.69. The average Bonchev–Trinajstić information content (AvgIpc) is 2.61. The van der Waals surface area contributed by atoms with E-state index in [-0.39, 0.29) is 0 Å². The number of nitrogens with zero attached hydrogens (tertiary/aromatic N) is 2. The number of hydrogen-bond acceptors (Lipinski definition) is 2. The van der Waals surface area contributed by atoms with Crippen LogP contribution in [0.4, 0.5) is 5.82 Å². The molecule has 2 aromatic carbocycles. The summed E-state index contributed by atoms with van der Waals surface area (Å²) in [4.78, 5) is 9.22. The molecule has 0 unspecified atom stereocenters. The van der Waals surface area contributed by atoms with E-state index in [1.54, 1.807) is 12.3 Å². The molecule has 0 fully saturated rings. The summed E-state index contributed by atoms with van der Waals surface area (Å²) in [6.45, 7) is 0. The van der Waals surface area contributed by atoms with Gasteiger partial charge in [-0.05, 0) is 6.07 Å². The van der Waals surface area contributed by atoms with Gasteiger partial charge in [0.1, 0.15) is 0 Å². The van der Waals surface area contributed by atoms with Crippen LogP contribution >= 0.6 is 27.5 Å². The van der Waals surface area contributed by atoms with Gasteiger partial charge in [-0.25, -0.2) is 9.98 Å². The Morgan fingerprint density at radius 2 is 1.48 bits per heavy atom. The maximum absolute atomic E-state index is 6.27. The molecule has 2 nitrogen and oxygen atoms in total. The lowest BCUT2D eigenvalue weighted by Gasteiger charge is -2.09. The molecule has 4 heteroatoms. The molecule has 0 bridgehead atoms. The van der Waals surface area contributed by atoms with E-state index in [9.17, 15) is 0 Å². The quantitative estimate of drug-likeness (QED) is 0.411. The number of aliphatic imine (C=N–C) groups is 1. The number of halogens is 2. The van der Waals surface area contributed by atoms with Crippen molar-refractivity contribution in [2.75, 3.05) is 0 Å². The van der Waals surface area contributed by atoms with Gasteiger partial charge >= 0.3 is 0 Å². The normalized spacial score (nSPS) is 10.3. The summed E-state index contributed by atoms with van der Waals surface area (Å²) in [7, 11) is 0. The first-order chi connectivity index (χ1) is 11.3. The molecule has 0 atom stereocenters. The minimum atomic E-state index is 0.607. The Bertz CT molecular complexity index is 776. The van der Waals surface area contributed by atoms with Gasteiger partial charge in [-0.2, -0.15) is 0 Å². The van der Waals surface area contributed by atoms with E-state index >= 15 is 0 Å². The first-order valence-corrected chi connectivity index (χ1v) is 8.68. The Hall–Kier alpha value is -1.97. The fraction of sp³-hybridized carbons (Fsp3) is 0.0526. The molecular formula is C19H14BrClN2. The fourth-order valence-electron chi connectivity index (χ4n) is 2.27. The molecule has 0 aliphatic heterocycles. The van der Waals surface area contributed by atoms with Crippen LogP contribution in [0, 0.1) is 0 Å². The second-order valence-electron chi connectivity index (χ2n) is 4.92. The smallest absolute Gasteiger partial charge is 0.158 e. The Labute approximate surface area is 149 Å². The Balaban J connectivity index is 2.19. The third-order valence-corrected chi connectivity index (χ3v) is 4.34. The zero-order chi connectivity index (χ0) is 16.1. The number of benzene rings is 2. The number of pyridine rings is 1. The van der Waals surface area contributed by atoms with Gasteiger partial charge < -0.3 is 0 Å². The van der Waals surface area contributed by atoms with E-state index in [4.69, 9.17) is 16.6 Å². The predicted molar refractivity (Wildman–Crippen MR) is 100 cm³/mol. The predicted octanol–water partition coefficient (Wildman–Crippen LogP) is 5.80. The van der Waals surface area contributed by atoms with Crippen LogP contribution in [0.15, 0.2) is 77.9 Å². The van der Waals surface area contributed by atoms with Crippen LogP contribution < -0.4 is 0 Å². The maximum atomic E-state index is 6.27. The first-order valence-electron chi connectivity index (χ1n) is 7.18. The highest BCUT2D eigenvalue weighted by Gasteiger charge is 2.11. The second kappa shape index (κ2) is 7.53. The summed E-state index contributed by atoms with van der Waals surface area (Å²) in [5.41, 5.74) is 3.85. The van der Waals surface area contributed by atoms with Crippen LogP contribution in [0.5, 0.6) is 0 Å². The molecule has 0 N–H and O–H groups in total. The summed E-state index contributed by atoms with van der Waals surface area (Å²) in [5.74, 6) is 0.636. The SMILES string of the molecule is Clc1ccnc(N=C(c2ccccc2)c2ccccc2)c1CBr. The standard InChI is InChI=1S/C19H14BrClN2/c20-13-16-17(21)11-12-22-19(16)23-18(14-7-3-1-4-8-14)15-9-5-2-6-10-15/h1-12H,13H2. The van der Waals surface area contributed by atoms with Gasteiger partial charge in [0.05, 0.1) is 5.71 Å². The highest BCUT2D eigenvalue weighted by atomic mass is 79.9. The highest BCUT2D eigenvalue weighted by molar-refractivity contribution is 9.08. The van der Waals surface area contributed by atoms with Crippen LogP contribution in [-0.2, 0) is 5.33 Å². The fourth-order valence-corrected chi connectivity index (χ4v) is 3.19. The van der Waals surface area contributed by atoms with Crippen molar-refractivity contribution in [3.8, 4) is 0 Å². The van der Waals surface area contributed by atoms with E-state index in [1.807, 2.05) is 60.7 Å². The van der Waals surface area contributed by atoms with Crippen molar-refractivity contribution in [1.29, 1.82) is 0 Å². The summed E-state index contributed by atoms with van der Waals surface area (Å²) in [5, 5.41) is 1.27. The third-order valence-electron chi connectivity index (χ3n) is 3.42. The molecule has 0 saturated heterocycles. The minimum Gasteiger partial charge on any atom is -0.237 e. The number of rotatable bonds is 4. The molecule has 3 aromatic rings. The van der Waals surface area contributed by atoms with E-state index in [0.717, 1.165) is 22.4 Å². The monoisotopic (exact) mass is 384 g/mol. The molecule has 114 valence electrons. The van der Waals surface area contributed by atoms with E-state index in [2.05, 4.69) is 20.9 Å². The molecule has 0 saturated carbocycles. The second-order valence-corrected chi connectivity index (χ2v) is 5.89. The molecule has 1 aromatic heterocycles. The number of hydrogen-bond donors (Lipinski definition) is 0. The molecule has 0 spiro atoms. The van der Waals surface area contributed by atoms with E-state index in [0.29, 0.717) is 16.2 Å². The van der Waals surface area contributed by atoms with Gasteiger partial charge in [-0.3, -0.25) is 0 Å². The lowest BCUT2D eigenvalue weighted by molar-refractivity contribution is 1.21. The van der Waals surface area contributed by atoms with Gasteiger partial charge in [0.2, 0.25) is 0 Å². The summed E-state index contributed by atoms with van der Waals surface area (Å²) in [6, 6.07) is 22.0. The van der Waals surface area contributed by atoms with Crippen molar-refractivity contribution >= 4 is 39.1 Å². The molecule has 0 radical (unpaired) electrons. The average molecular weight is 386 g/mol. The molecule has 0 aliphatic carbocycles. The molecule has 1 heterocycles. The zero-order valence-electron chi connectivity index (χ0n) is 12.3. The molecule has 23 heavy (non-hydrogen) atoms. The van der Waals surface area contributed by atoms with Crippen LogP contribution in [0.2, 0.25) is 5.02 Å². The summed E-state index contributed by atoms with van der Waals surface area (Å²) in [6.07, 6.45) is 1.68. The lowest BCUT2D eigenvalue weighted by Crippen LogP contribution is -2.03. The van der Waals surface area contributed by atoms with Crippen LogP contribution in [0.1, 0.15) is 16.7 Å². The van der Waals surface area contributed by atoms with Crippen molar-refractivity contribution in [2.45, 2.75) is 5.33 Å². The van der Waals surface area contributed by atoms with Crippen molar-refractivity contribution in [1.82, 2.24) is 4.98 Å². The van der Waals surface area contributed by atoms with Crippen molar-refractivity contribution in [3.05, 3.63) is 94.6 Å². The van der Waals surface area contributed by atoms with Crippen LogP contribution in [-0.4, -0.2) is 10.7 Å². The van der Waals surface area contributed by atoms with Gasteiger partial charge in [-0.15, -0.1) is 0 Å².